The van der Waals surface area contributed by atoms with Crippen LogP contribution in [0.1, 0.15) is 23.2 Å². The molecule has 3 N–H and O–H groups in total. The van der Waals surface area contributed by atoms with Crippen molar-refractivity contribution in [3.8, 4) is 0 Å². The smallest absolute Gasteiger partial charge is 0.271 e. The molecule has 1 fully saturated rings. The van der Waals surface area contributed by atoms with Crippen LogP contribution in [0.3, 0.4) is 0 Å². The molecular weight excluding hydrogens is 382 g/mol. The van der Waals surface area contributed by atoms with Crippen LogP contribution in [0.2, 0.25) is 0 Å². The van der Waals surface area contributed by atoms with Gasteiger partial charge in [-0.25, -0.2) is 8.42 Å². The van der Waals surface area contributed by atoms with E-state index in [1.54, 1.807) is 41.8 Å². The van der Waals surface area contributed by atoms with Gasteiger partial charge in [0, 0.05) is 17.3 Å². The van der Waals surface area contributed by atoms with Crippen molar-refractivity contribution in [3.05, 3.63) is 47.3 Å². The van der Waals surface area contributed by atoms with Gasteiger partial charge in [0.15, 0.2) is 0 Å². The van der Waals surface area contributed by atoms with Crippen LogP contribution in [-0.2, 0) is 10.0 Å². The predicted octanol–water partition coefficient (Wildman–Crippen LogP) is 2.45. The van der Waals surface area contributed by atoms with Gasteiger partial charge in [0.05, 0.1) is 0 Å². The first kappa shape index (κ1) is 19.7. The first-order valence-corrected chi connectivity index (χ1v) is 10.1. The highest BCUT2D eigenvalue weighted by Gasteiger charge is 2.18. The number of benzene rings is 1. The SMILES string of the molecule is Cl.O=C(NC1CCNCC1)c1cccc(NS(=O)(=O)c2cccs2)c1. The first-order valence-electron chi connectivity index (χ1n) is 7.72. The molecule has 9 heteroatoms. The number of amides is 1. The molecule has 0 bridgehead atoms. The maximum absolute atomic E-state index is 12.4. The van der Waals surface area contributed by atoms with Gasteiger partial charge in [0.2, 0.25) is 0 Å². The fourth-order valence-corrected chi connectivity index (χ4v) is 4.62. The summed E-state index contributed by atoms with van der Waals surface area (Å²) in [6, 6.07) is 9.92. The maximum Gasteiger partial charge on any atom is 0.271 e. The zero-order valence-corrected chi connectivity index (χ0v) is 15.8. The largest absolute Gasteiger partial charge is 0.349 e. The van der Waals surface area contributed by atoms with E-state index in [0.717, 1.165) is 37.3 Å². The summed E-state index contributed by atoms with van der Waals surface area (Å²) in [6.45, 7) is 1.79. The number of anilines is 1. The third-order valence-corrected chi connectivity index (χ3v) is 6.59. The van der Waals surface area contributed by atoms with Crippen LogP contribution in [0.25, 0.3) is 0 Å². The summed E-state index contributed by atoms with van der Waals surface area (Å²) in [5, 5.41) is 7.95. The number of hydrogen-bond donors (Lipinski definition) is 3. The molecule has 0 radical (unpaired) electrons. The molecule has 0 spiro atoms. The van der Waals surface area contributed by atoms with Gasteiger partial charge in [-0.1, -0.05) is 12.1 Å². The van der Waals surface area contributed by atoms with Gasteiger partial charge in [-0.15, -0.1) is 23.7 Å². The number of rotatable bonds is 5. The molecule has 1 aliphatic heterocycles. The maximum atomic E-state index is 12.4. The molecule has 1 aromatic heterocycles. The highest BCUT2D eigenvalue weighted by atomic mass is 35.5. The molecule has 136 valence electrons. The molecule has 3 rings (SSSR count). The molecule has 0 atom stereocenters. The molecule has 25 heavy (non-hydrogen) atoms. The van der Waals surface area contributed by atoms with Gasteiger partial charge >= 0.3 is 0 Å². The van der Waals surface area contributed by atoms with Crippen molar-refractivity contribution in [1.82, 2.24) is 10.6 Å². The van der Waals surface area contributed by atoms with Crippen molar-refractivity contribution in [3.63, 3.8) is 0 Å². The Kier molecular flexibility index (Phi) is 6.83. The van der Waals surface area contributed by atoms with Gasteiger partial charge in [0.1, 0.15) is 4.21 Å². The summed E-state index contributed by atoms with van der Waals surface area (Å²) in [4.78, 5) is 12.4. The van der Waals surface area contributed by atoms with Crippen molar-refractivity contribution in [2.24, 2.45) is 0 Å². The van der Waals surface area contributed by atoms with Crippen molar-refractivity contribution in [1.29, 1.82) is 0 Å². The van der Waals surface area contributed by atoms with Crippen molar-refractivity contribution < 1.29 is 13.2 Å². The van der Waals surface area contributed by atoms with Crippen LogP contribution in [0.5, 0.6) is 0 Å². The highest BCUT2D eigenvalue weighted by molar-refractivity contribution is 7.94. The summed E-state index contributed by atoms with van der Waals surface area (Å²) in [7, 11) is -3.61. The standard InChI is InChI=1S/C16H19N3O3S2.ClH/c20-16(18-13-6-8-17-9-7-13)12-3-1-4-14(11-12)19-24(21,22)15-5-2-10-23-15;/h1-5,10-11,13,17,19H,6-9H2,(H,18,20);1H. The Morgan fingerprint density at radius 1 is 1.16 bits per heavy atom. The van der Waals surface area contributed by atoms with E-state index in [9.17, 15) is 13.2 Å². The van der Waals surface area contributed by atoms with E-state index in [4.69, 9.17) is 0 Å². The zero-order valence-electron chi connectivity index (χ0n) is 13.4. The molecule has 1 aromatic carbocycles. The fourth-order valence-electron chi connectivity index (χ4n) is 2.58. The van der Waals surface area contributed by atoms with Gasteiger partial charge in [-0.2, -0.15) is 0 Å². The van der Waals surface area contributed by atoms with Crippen LogP contribution in [0, 0.1) is 0 Å². The van der Waals surface area contributed by atoms with Gasteiger partial charge in [-0.05, 0) is 55.6 Å². The van der Waals surface area contributed by atoms with Crippen LogP contribution in [-0.4, -0.2) is 33.5 Å². The number of hydrogen-bond acceptors (Lipinski definition) is 5. The molecule has 6 nitrogen and oxygen atoms in total. The highest BCUT2D eigenvalue weighted by Crippen LogP contribution is 2.21. The van der Waals surface area contributed by atoms with Gasteiger partial charge in [0.25, 0.3) is 15.9 Å². The average molecular weight is 402 g/mol. The minimum Gasteiger partial charge on any atom is -0.349 e. The van der Waals surface area contributed by atoms with E-state index in [-0.39, 0.29) is 28.6 Å². The summed E-state index contributed by atoms with van der Waals surface area (Å²) in [5.41, 5.74) is 0.821. The van der Waals surface area contributed by atoms with Crippen LogP contribution in [0.15, 0.2) is 46.0 Å². The molecule has 1 aliphatic rings. The number of piperidine rings is 1. The van der Waals surface area contributed by atoms with E-state index in [1.165, 1.54) is 0 Å². The Labute approximate surface area is 157 Å². The van der Waals surface area contributed by atoms with E-state index >= 15 is 0 Å². The van der Waals surface area contributed by atoms with Crippen LogP contribution < -0.4 is 15.4 Å². The first-order chi connectivity index (χ1) is 11.5. The van der Waals surface area contributed by atoms with E-state index in [0.29, 0.717) is 11.3 Å². The van der Waals surface area contributed by atoms with Crippen molar-refractivity contribution >= 4 is 45.4 Å². The lowest BCUT2D eigenvalue weighted by molar-refractivity contribution is 0.0929. The summed E-state index contributed by atoms with van der Waals surface area (Å²) in [5.74, 6) is -0.181. The van der Waals surface area contributed by atoms with Crippen LogP contribution in [0.4, 0.5) is 5.69 Å². The molecule has 1 saturated heterocycles. The zero-order chi connectivity index (χ0) is 17.0. The Bertz CT molecular complexity index is 804. The van der Waals surface area contributed by atoms with Gasteiger partial charge in [-0.3, -0.25) is 9.52 Å². The summed E-state index contributed by atoms with van der Waals surface area (Å²) >= 11 is 1.15. The normalized spacial score (nSPS) is 15.2. The number of halogens is 1. The Balaban J connectivity index is 0.00000225. The topological polar surface area (TPSA) is 87.3 Å². The summed E-state index contributed by atoms with van der Waals surface area (Å²) < 4.78 is 27.3. The number of carbonyl (C=O) groups is 1. The Hall–Kier alpha value is -1.61. The molecule has 0 unspecified atom stereocenters. The quantitative estimate of drug-likeness (QED) is 0.718. The Morgan fingerprint density at radius 2 is 1.92 bits per heavy atom. The second kappa shape index (κ2) is 8.66. The second-order valence-corrected chi connectivity index (χ2v) is 8.47. The minimum atomic E-state index is -3.61. The number of thiophene rings is 1. The number of carbonyl (C=O) groups excluding carboxylic acids is 1. The third kappa shape index (κ3) is 5.18. The average Bonchev–Trinajstić information content (AvgIpc) is 3.11. The van der Waals surface area contributed by atoms with E-state index < -0.39 is 10.0 Å². The molecule has 2 heterocycles. The van der Waals surface area contributed by atoms with Gasteiger partial charge < -0.3 is 10.6 Å². The minimum absolute atomic E-state index is 0. The lowest BCUT2D eigenvalue weighted by Crippen LogP contribution is -2.42. The molecular formula is C16H20ClN3O3S2. The van der Waals surface area contributed by atoms with E-state index in [1.807, 2.05) is 0 Å². The Morgan fingerprint density at radius 3 is 2.60 bits per heavy atom. The third-order valence-electron chi connectivity index (χ3n) is 3.81. The molecule has 0 saturated carbocycles. The number of sulfonamides is 1. The van der Waals surface area contributed by atoms with E-state index in [2.05, 4.69) is 15.4 Å². The molecule has 0 aliphatic carbocycles. The lowest BCUT2D eigenvalue weighted by Gasteiger charge is -2.23. The predicted molar refractivity (Wildman–Crippen MR) is 102 cm³/mol. The monoisotopic (exact) mass is 401 g/mol. The molecule has 2 aromatic rings. The number of nitrogens with one attached hydrogen (secondary N) is 3. The summed E-state index contributed by atoms with van der Waals surface area (Å²) in [6.07, 6.45) is 1.80. The van der Waals surface area contributed by atoms with Crippen molar-refractivity contribution in [2.75, 3.05) is 17.8 Å². The van der Waals surface area contributed by atoms with Crippen molar-refractivity contribution in [2.45, 2.75) is 23.1 Å². The fraction of sp³-hybridized carbons (Fsp3) is 0.312. The van der Waals surface area contributed by atoms with Crippen LogP contribution >= 0.6 is 23.7 Å². The molecule has 1 amide bonds. The second-order valence-electron chi connectivity index (χ2n) is 5.62. The lowest BCUT2D eigenvalue weighted by atomic mass is 10.1.